The van der Waals surface area contributed by atoms with E-state index in [-0.39, 0.29) is 16.2 Å². The SMILES string of the molecule is O=C(NCCc1ccc2c(c1)OCO2)C12CC3CC(CC(Cl)(C3)C1)C2. The van der Waals surface area contributed by atoms with E-state index in [0.29, 0.717) is 25.2 Å². The Hall–Kier alpha value is -1.42. The maximum Gasteiger partial charge on any atom is 0.231 e. The smallest absolute Gasteiger partial charge is 0.231 e. The Morgan fingerprint density at radius 3 is 2.68 bits per heavy atom. The maximum atomic E-state index is 13.0. The van der Waals surface area contributed by atoms with Crippen LogP contribution in [0.4, 0.5) is 0 Å². The van der Waals surface area contributed by atoms with Gasteiger partial charge >= 0.3 is 0 Å². The molecule has 1 heterocycles. The molecule has 134 valence electrons. The molecule has 1 aromatic rings. The molecule has 4 fully saturated rings. The molecule has 5 aliphatic rings. The Balaban J connectivity index is 1.22. The van der Waals surface area contributed by atoms with Gasteiger partial charge in [0.2, 0.25) is 12.7 Å². The lowest BCUT2D eigenvalue weighted by Crippen LogP contribution is -2.58. The van der Waals surface area contributed by atoms with Crippen molar-refractivity contribution >= 4 is 17.5 Å². The van der Waals surface area contributed by atoms with Gasteiger partial charge in [-0.2, -0.15) is 0 Å². The van der Waals surface area contributed by atoms with Crippen LogP contribution in [0.25, 0.3) is 0 Å². The second kappa shape index (κ2) is 5.54. The van der Waals surface area contributed by atoms with Gasteiger partial charge in [-0.1, -0.05) is 6.07 Å². The number of hydrogen-bond donors (Lipinski definition) is 1. The maximum absolute atomic E-state index is 13.0. The molecule has 2 atom stereocenters. The second-order valence-electron chi connectivity index (χ2n) is 8.59. The second-order valence-corrected chi connectivity index (χ2v) is 9.39. The number of amides is 1. The molecule has 4 saturated carbocycles. The highest BCUT2D eigenvalue weighted by Crippen LogP contribution is 2.63. The summed E-state index contributed by atoms with van der Waals surface area (Å²) in [5.41, 5.74) is 0.949. The van der Waals surface area contributed by atoms with E-state index in [1.165, 1.54) is 6.42 Å². The van der Waals surface area contributed by atoms with Gasteiger partial charge in [-0.15, -0.1) is 11.6 Å². The summed E-state index contributed by atoms with van der Waals surface area (Å²) in [5.74, 6) is 3.13. The van der Waals surface area contributed by atoms with Crippen molar-refractivity contribution < 1.29 is 14.3 Å². The van der Waals surface area contributed by atoms with Crippen LogP contribution < -0.4 is 14.8 Å². The zero-order valence-corrected chi connectivity index (χ0v) is 15.1. The summed E-state index contributed by atoms with van der Waals surface area (Å²) in [6, 6.07) is 5.99. The third-order valence-electron chi connectivity index (χ3n) is 6.61. The minimum Gasteiger partial charge on any atom is -0.454 e. The minimum absolute atomic E-state index is 0.112. The number of ether oxygens (including phenoxy) is 2. The molecule has 2 unspecified atom stereocenters. The van der Waals surface area contributed by atoms with Gasteiger partial charge in [-0.05, 0) is 74.5 Å². The fourth-order valence-electron chi connectivity index (χ4n) is 6.02. The standard InChI is InChI=1S/C20H24ClNO3/c21-20-9-14-5-15(10-20)8-19(7-14,11-20)18(23)22-4-3-13-1-2-16-17(6-13)25-12-24-16/h1-2,6,14-15H,3-5,7-12H2,(H,22,23). The largest absolute Gasteiger partial charge is 0.454 e. The lowest BCUT2D eigenvalue weighted by Gasteiger charge is -2.59. The van der Waals surface area contributed by atoms with Gasteiger partial charge < -0.3 is 14.8 Å². The van der Waals surface area contributed by atoms with Crippen LogP contribution in [0.3, 0.4) is 0 Å². The molecule has 0 radical (unpaired) electrons. The first-order valence-corrected chi connectivity index (χ1v) is 9.77. The number of carbonyl (C=O) groups excluding carboxylic acids is 1. The lowest BCUT2D eigenvalue weighted by molar-refractivity contribution is -0.144. The fourth-order valence-corrected chi connectivity index (χ4v) is 6.71. The van der Waals surface area contributed by atoms with E-state index in [0.717, 1.165) is 55.6 Å². The molecule has 1 N–H and O–H groups in total. The molecule has 4 nitrogen and oxygen atoms in total. The van der Waals surface area contributed by atoms with Crippen LogP contribution in [0, 0.1) is 17.3 Å². The van der Waals surface area contributed by atoms with E-state index in [4.69, 9.17) is 21.1 Å². The monoisotopic (exact) mass is 361 g/mol. The number of alkyl halides is 1. The molecule has 6 rings (SSSR count). The van der Waals surface area contributed by atoms with Gasteiger partial charge in [0.05, 0.1) is 5.41 Å². The van der Waals surface area contributed by atoms with Gasteiger partial charge in [0.15, 0.2) is 11.5 Å². The lowest BCUT2D eigenvalue weighted by atomic mass is 9.49. The molecule has 4 aliphatic carbocycles. The van der Waals surface area contributed by atoms with Crippen LogP contribution in [0.1, 0.15) is 44.1 Å². The normalized spacial score (nSPS) is 37.3. The highest BCUT2D eigenvalue weighted by molar-refractivity contribution is 6.24. The van der Waals surface area contributed by atoms with Crippen molar-refractivity contribution in [2.24, 2.45) is 17.3 Å². The zero-order valence-electron chi connectivity index (χ0n) is 14.4. The van der Waals surface area contributed by atoms with Gasteiger partial charge in [-0.3, -0.25) is 4.79 Å². The average Bonchev–Trinajstić information content (AvgIpc) is 3.00. The van der Waals surface area contributed by atoms with E-state index in [1.54, 1.807) is 0 Å². The van der Waals surface area contributed by atoms with Crippen molar-refractivity contribution in [3.8, 4) is 11.5 Å². The summed E-state index contributed by atoms with van der Waals surface area (Å²) in [5, 5.41) is 3.20. The number of nitrogens with one attached hydrogen (secondary N) is 1. The summed E-state index contributed by atoms with van der Waals surface area (Å²) in [4.78, 5) is 12.9. The number of fused-ring (bicyclic) bond motifs is 1. The van der Waals surface area contributed by atoms with Crippen molar-refractivity contribution in [1.82, 2.24) is 5.32 Å². The van der Waals surface area contributed by atoms with Crippen LogP contribution in [0.5, 0.6) is 11.5 Å². The van der Waals surface area contributed by atoms with E-state index < -0.39 is 0 Å². The van der Waals surface area contributed by atoms with Crippen LogP contribution in [-0.4, -0.2) is 24.1 Å². The van der Waals surface area contributed by atoms with Gasteiger partial charge in [-0.25, -0.2) is 0 Å². The predicted octanol–water partition coefficient (Wildman–Crippen LogP) is 3.65. The Morgan fingerprint density at radius 2 is 1.92 bits per heavy atom. The van der Waals surface area contributed by atoms with Crippen molar-refractivity contribution in [2.45, 2.75) is 49.8 Å². The number of benzene rings is 1. The summed E-state index contributed by atoms with van der Waals surface area (Å²) in [6.07, 6.45) is 7.23. The van der Waals surface area contributed by atoms with Crippen LogP contribution >= 0.6 is 11.6 Å². The number of rotatable bonds is 4. The first kappa shape index (κ1) is 15.8. The van der Waals surface area contributed by atoms with Crippen LogP contribution in [0.15, 0.2) is 18.2 Å². The quantitative estimate of drug-likeness (QED) is 0.833. The summed E-state index contributed by atoms with van der Waals surface area (Å²) >= 11 is 6.84. The molecular weight excluding hydrogens is 338 g/mol. The highest BCUT2D eigenvalue weighted by atomic mass is 35.5. The highest BCUT2D eigenvalue weighted by Gasteiger charge is 2.59. The average molecular weight is 362 g/mol. The molecule has 1 aliphatic heterocycles. The van der Waals surface area contributed by atoms with Crippen molar-refractivity contribution in [1.29, 1.82) is 0 Å². The van der Waals surface area contributed by atoms with Crippen molar-refractivity contribution in [2.75, 3.05) is 13.3 Å². The molecule has 0 spiro atoms. The summed E-state index contributed by atoms with van der Waals surface area (Å²) in [6.45, 7) is 0.950. The van der Waals surface area contributed by atoms with E-state index >= 15 is 0 Å². The molecule has 1 aromatic carbocycles. The molecular formula is C20H24ClNO3. The Labute approximate surface area is 153 Å². The minimum atomic E-state index is -0.208. The Kier molecular flexibility index (Phi) is 3.50. The van der Waals surface area contributed by atoms with Crippen LogP contribution in [-0.2, 0) is 11.2 Å². The number of carbonyl (C=O) groups is 1. The van der Waals surface area contributed by atoms with E-state index in [1.807, 2.05) is 18.2 Å². The van der Waals surface area contributed by atoms with E-state index in [9.17, 15) is 4.79 Å². The van der Waals surface area contributed by atoms with Gasteiger partial charge in [0, 0.05) is 11.4 Å². The van der Waals surface area contributed by atoms with Crippen LogP contribution in [0.2, 0.25) is 0 Å². The first-order valence-electron chi connectivity index (χ1n) is 9.39. The zero-order chi connectivity index (χ0) is 17.1. The fraction of sp³-hybridized carbons (Fsp3) is 0.650. The third-order valence-corrected chi connectivity index (χ3v) is 7.05. The first-order chi connectivity index (χ1) is 12.0. The number of hydrogen-bond acceptors (Lipinski definition) is 3. The molecule has 0 aromatic heterocycles. The van der Waals surface area contributed by atoms with Gasteiger partial charge in [0.1, 0.15) is 0 Å². The van der Waals surface area contributed by atoms with E-state index in [2.05, 4.69) is 5.32 Å². The van der Waals surface area contributed by atoms with Crippen molar-refractivity contribution in [3.05, 3.63) is 23.8 Å². The predicted molar refractivity (Wildman–Crippen MR) is 95.0 cm³/mol. The van der Waals surface area contributed by atoms with Gasteiger partial charge in [0.25, 0.3) is 0 Å². The summed E-state index contributed by atoms with van der Waals surface area (Å²) < 4.78 is 10.8. The third kappa shape index (κ3) is 2.69. The Bertz CT molecular complexity index is 705. The molecule has 4 bridgehead atoms. The number of halogens is 1. The molecule has 1 amide bonds. The topological polar surface area (TPSA) is 47.6 Å². The molecule has 0 saturated heterocycles. The Morgan fingerprint density at radius 1 is 1.16 bits per heavy atom. The van der Waals surface area contributed by atoms with Crippen molar-refractivity contribution in [3.63, 3.8) is 0 Å². The molecule has 25 heavy (non-hydrogen) atoms. The molecule has 5 heteroatoms. The summed E-state index contributed by atoms with van der Waals surface area (Å²) in [7, 11) is 0.